The third kappa shape index (κ3) is 1.98. The number of piperazine rings is 1. The van der Waals surface area contributed by atoms with E-state index in [0.717, 1.165) is 31.9 Å². The Bertz CT molecular complexity index is 517. The van der Waals surface area contributed by atoms with Gasteiger partial charge in [-0.1, -0.05) is 0 Å². The van der Waals surface area contributed by atoms with Crippen LogP contribution in [0, 0.1) is 0 Å². The molecule has 2 aromatic rings. The summed E-state index contributed by atoms with van der Waals surface area (Å²) in [6.45, 7) is 4.34. The number of hydrogen-bond acceptors (Lipinski definition) is 4. The van der Waals surface area contributed by atoms with Gasteiger partial charge in [-0.2, -0.15) is 0 Å². The van der Waals surface area contributed by atoms with Crippen molar-refractivity contribution in [2.45, 2.75) is 0 Å². The second-order valence-corrected chi connectivity index (χ2v) is 5.13. The Balaban J connectivity index is 1.99. The lowest BCUT2D eigenvalue weighted by atomic mass is 10.2. The molecule has 1 aromatic carbocycles. The third-order valence-electron chi connectivity index (χ3n) is 3.22. The molecule has 3 rings (SSSR count). The first-order valence-corrected chi connectivity index (χ1v) is 6.77. The van der Waals surface area contributed by atoms with Crippen LogP contribution in [0.5, 0.6) is 5.75 Å². The van der Waals surface area contributed by atoms with Crippen molar-refractivity contribution in [2.75, 3.05) is 38.2 Å². The smallest absolute Gasteiger partial charge is 0.120 e. The van der Waals surface area contributed by atoms with E-state index in [4.69, 9.17) is 4.74 Å². The molecule has 0 atom stereocenters. The fraction of sp³-hybridized carbons (Fsp3) is 0.385. The Kier molecular flexibility index (Phi) is 2.91. The number of hydrogen-bond donors (Lipinski definition) is 1. The van der Waals surface area contributed by atoms with Gasteiger partial charge in [-0.3, -0.25) is 0 Å². The highest BCUT2D eigenvalue weighted by molar-refractivity contribution is 7.17. The standard InChI is InChI=1S/C13H16N2OS/c1-16-10-2-3-11-12(9-17-13(11)8-10)15-6-4-14-5-7-15/h2-3,8-9,14H,4-7H2,1H3. The monoisotopic (exact) mass is 248 g/mol. The van der Waals surface area contributed by atoms with Crippen LogP contribution in [-0.2, 0) is 0 Å². The second kappa shape index (κ2) is 4.55. The summed E-state index contributed by atoms with van der Waals surface area (Å²) < 4.78 is 6.56. The van der Waals surface area contributed by atoms with Gasteiger partial charge in [0.2, 0.25) is 0 Å². The summed E-state index contributed by atoms with van der Waals surface area (Å²) >= 11 is 1.80. The largest absolute Gasteiger partial charge is 0.497 e. The summed E-state index contributed by atoms with van der Waals surface area (Å²) in [5.41, 5.74) is 1.37. The van der Waals surface area contributed by atoms with Crippen LogP contribution in [0.25, 0.3) is 10.1 Å². The molecule has 0 unspecified atom stereocenters. The fourth-order valence-corrected chi connectivity index (χ4v) is 3.27. The maximum atomic E-state index is 5.26. The van der Waals surface area contributed by atoms with Gasteiger partial charge in [0.1, 0.15) is 5.75 Å². The summed E-state index contributed by atoms with van der Waals surface area (Å²) in [7, 11) is 1.71. The number of rotatable bonds is 2. The molecule has 1 N–H and O–H groups in total. The van der Waals surface area contributed by atoms with Crippen LogP contribution in [0.15, 0.2) is 23.6 Å². The number of benzene rings is 1. The van der Waals surface area contributed by atoms with E-state index in [1.165, 1.54) is 15.8 Å². The Morgan fingerprint density at radius 3 is 2.88 bits per heavy atom. The molecule has 0 saturated carbocycles. The zero-order valence-electron chi connectivity index (χ0n) is 9.90. The molecule has 0 radical (unpaired) electrons. The molecule has 90 valence electrons. The summed E-state index contributed by atoms with van der Waals surface area (Å²) in [5.74, 6) is 0.936. The molecule has 1 aliphatic heterocycles. The second-order valence-electron chi connectivity index (χ2n) is 4.22. The van der Waals surface area contributed by atoms with Crippen LogP contribution in [0.4, 0.5) is 5.69 Å². The number of thiophene rings is 1. The van der Waals surface area contributed by atoms with Crippen LogP contribution in [-0.4, -0.2) is 33.3 Å². The lowest BCUT2D eigenvalue weighted by Gasteiger charge is -2.28. The Morgan fingerprint density at radius 2 is 2.12 bits per heavy atom. The van der Waals surface area contributed by atoms with Crippen molar-refractivity contribution in [2.24, 2.45) is 0 Å². The molecule has 1 aliphatic rings. The number of nitrogens with one attached hydrogen (secondary N) is 1. The van der Waals surface area contributed by atoms with Crippen LogP contribution < -0.4 is 15.0 Å². The SMILES string of the molecule is COc1ccc2c(N3CCNCC3)csc2c1. The van der Waals surface area contributed by atoms with Crippen molar-refractivity contribution >= 4 is 27.1 Å². The van der Waals surface area contributed by atoms with Crippen molar-refractivity contribution in [1.29, 1.82) is 0 Å². The van der Waals surface area contributed by atoms with Crippen LogP contribution in [0.3, 0.4) is 0 Å². The van der Waals surface area contributed by atoms with Gasteiger partial charge in [-0.05, 0) is 18.2 Å². The average Bonchev–Trinajstić information content (AvgIpc) is 2.82. The predicted molar refractivity (Wildman–Crippen MR) is 73.5 cm³/mol. The first kappa shape index (κ1) is 10.9. The van der Waals surface area contributed by atoms with Crippen molar-refractivity contribution in [1.82, 2.24) is 5.32 Å². The molecular formula is C13H16N2OS. The minimum atomic E-state index is 0.936. The number of anilines is 1. The summed E-state index contributed by atoms with van der Waals surface area (Å²) in [6, 6.07) is 6.33. The van der Waals surface area contributed by atoms with Crippen LogP contribution in [0.2, 0.25) is 0 Å². The molecule has 4 heteroatoms. The molecule has 1 saturated heterocycles. The van der Waals surface area contributed by atoms with Crippen molar-refractivity contribution in [3.63, 3.8) is 0 Å². The lowest BCUT2D eigenvalue weighted by Crippen LogP contribution is -2.43. The third-order valence-corrected chi connectivity index (χ3v) is 4.15. The molecule has 0 aliphatic carbocycles. The summed E-state index contributed by atoms with van der Waals surface area (Å²) in [6.07, 6.45) is 0. The zero-order chi connectivity index (χ0) is 11.7. The summed E-state index contributed by atoms with van der Waals surface area (Å²) in [4.78, 5) is 2.46. The van der Waals surface area contributed by atoms with Gasteiger partial charge >= 0.3 is 0 Å². The van der Waals surface area contributed by atoms with E-state index in [2.05, 4.69) is 27.7 Å². The molecule has 0 bridgehead atoms. The quantitative estimate of drug-likeness (QED) is 0.882. The fourth-order valence-electron chi connectivity index (χ4n) is 2.27. The number of ether oxygens (including phenoxy) is 1. The molecule has 3 nitrogen and oxygen atoms in total. The maximum Gasteiger partial charge on any atom is 0.120 e. The van der Waals surface area contributed by atoms with Crippen molar-refractivity contribution in [3.8, 4) is 5.75 Å². The Labute approximate surface area is 105 Å². The number of nitrogens with zero attached hydrogens (tertiary/aromatic N) is 1. The van der Waals surface area contributed by atoms with Gasteiger partial charge in [0.15, 0.2) is 0 Å². The normalized spacial score (nSPS) is 16.4. The molecule has 1 fully saturated rings. The predicted octanol–water partition coefficient (Wildman–Crippen LogP) is 2.32. The minimum absolute atomic E-state index is 0.936. The van der Waals surface area contributed by atoms with Crippen LogP contribution >= 0.6 is 11.3 Å². The van der Waals surface area contributed by atoms with Gasteiger partial charge in [0, 0.05) is 41.6 Å². The maximum absolute atomic E-state index is 5.26. The number of methoxy groups -OCH3 is 1. The van der Waals surface area contributed by atoms with Crippen molar-refractivity contribution in [3.05, 3.63) is 23.6 Å². The minimum Gasteiger partial charge on any atom is -0.497 e. The molecule has 0 amide bonds. The zero-order valence-corrected chi connectivity index (χ0v) is 10.7. The first-order valence-electron chi connectivity index (χ1n) is 5.89. The first-order chi connectivity index (χ1) is 8.38. The molecule has 0 spiro atoms. The molecular weight excluding hydrogens is 232 g/mol. The van der Waals surface area contributed by atoms with Gasteiger partial charge < -0.3 is 15.0 Å². The van der Waals surface area contributed by atoms with E-state index in [9.17, 15) is 0 Å². The summed E-state index contributed by atoms with van der Waals surface area (Å²) in [5, 5.41) is 6.99. The van der Waals surface area contributed by atoms with E-state index in [0.29, 0.717) is 0 Å². The highest BCUT2D eigenvalue weighted by atomic mass is 32.1. The lowest BCUT2D eigenvalue weighted by molar-refractivity contribution is 0.415. The van der Waals surface area contributed by atoms with E-state index >= 15 is 0 Å². The van der Waals surface area contributed by atoms with Gasteiger partial charge in [-0.25, -0.2) is 0 Å². The van der Waals surface area contributed by atoms with E-state index in [-0.39, 0.29) is 0 Å². The average molecular weight is 248 g/mol. The van der Waals surface area contributed by atoms with Gasteiger partial charge in [-0.15, -0.1) is 11.3 Å². The van der Waals surface area contributed by atoms with Crippen LogP contribution in [0.1, 0.15) is 0 Å². The highest BCUT2D eigenvalue weighted by Crippen LogP contribution is 2.35. The van der Waals surface area contributed by atoms with E-state index in [1.807, 2.05) is 6.07 Å². The number of fused-ring (bicyclic) bond motifs is 1. The molecule has 1 aromatic heterocycles. The van der Waals surface area contributed by atoms with Crippen molar-refractivity contribution < 1.29 is 4.74 Å². The van der Waals surface area contributed by atoms with Gasteiger partial charge in [0.05, 0.1) is 12.8 Å². The molecule has 2 heterocycles. The van der Waals surface area contributed by atoms with E-state index < -0.39 is 0 Å². The van der Waals surface area contributed by atoms with E-state index in [1.54, 1.807) is 18.4 Å². The Hall–Kier alpha value is -1.26. The topological polar surface area (TPSA) is 24.5 Å². The highest BCUT2D eigenvalue weighted by Gasteiger charge is 2.14. The molecule has 17 heavy (non-hydrogen) atoms. The Morgan fingerprint density at radius 1 is 1.29 bits per heavy atom. The van der Waals surface area contributed by atoms with Gasteiger partial charge in [0.25, 0.3) is 0 Å².